The van der Waals surface area contributed by atoms with Gasteiger partial charge >= 0.3 is 0 Å². The van der Waals surface area contributed by atoms with Crippen molar-refractivity contribution < 1.29 is 27.4 Å². The van der Waals surface area contributed by atoms with E-state index in [0.717, 1.165) is 0 Å². The van der Waals surface area contributed by atoms with Crippen LogP contribution in [-0.2, 0) is 0 Å². The largest absolute Gasteiger partial charge is 0.251 e. The normalized spacial score (nSPS) is 36.9. The smallest absolute Gasteiger partial charge is 0.0712 e. The minimum Gasteiger partial charge on any atom is -0.251 e. The first-order valence-electron chi connectivity index (χ1n) is 19.4. The van der Waals surface area contributed by atoms with Crippen molar-refractivity contribution in [3.05, 3.63) is 131 Å². The molecule has 0 N–H and O–H groups in total. The van der Waals surface area contributed by atoms with Gasteiger partial charge in [-0.2, -0.15) is 0 Å². The Morgan fingerprint density at radius 2 is 1.03 bits per heavy atom. The summed E-state index contributed by atoms with van der Waals surface area (Å²) in [6, 6.07) is -15.7. The van der Waals surface area contributed by atoms with E-state index < -0.39 is 177 Å². The number of fused-ring (bicyclic) bond motifs is 6. The lowest BCUT2D eigenvalue weighted by Crippen LogP contribution is -2.19. The first-order valence-corrected chi connectivity index (χ1v) is 9.39. The fourth-order valence-corrected chi connectivity index (χ4v) is 3.80. The van der Waals surface area contributed by atoms with Crippen molar-refractivity contribution in [2.24, 2.45) is 9.98 Å². The van der Waals surface area contributed by atoms with Crippen LogP contribution in [0.3, 0.4) is 0 Å². The molecular weight excluding hydrogens is 388 g/mol. The highest BCUT2D eigenvalue weighted by Gasteiger charge is 2.34. The molecule has 2 aliphatic heterocycles. The summed E-state index contributed by atoms with van der Waals surface area (Å²) in [6.45, 7) is 0. The molecule has 3 aromatic carbocycles. The summed E-state index contributed by atoms with van der Waals surface area (Å²) in [6.07, 6.45) is 0. The lowest BCUT2D eigenvalue weighted by Gasteiger charge is -2.26. The molecule has 0 spiro atoms. The second kappa shape index (κ2) is 6.73. The molecule has 3 aromatic rings. The fourth-order valence-electron chi connectivity index (χ4n) is 3.80. The number of hydrogen-bond acceptors (Lipinski definition) is 2. The summed E-state index contributed by atoms with van der Waals surface area (Å²) in [5.74, 6) is -6.19. The summed E-state index contributed by atoms with van der Waals surface area (Å²) in [4.78, 5) is 8.50. The Morgan fingerprint density at radius 1 is 0.594 bits per heavy atom. The molecule has 0 radical (unpaired) electrons. The van der Waals surface area contributed by atoms with Gasteiger partial charge < -0.3 is 0 Å². The van der Waals surface area contributed by atoms with Crippen LogP contribution >= 0.6 is 0 Å². The summed E-state index contributed by atoms with van der Waals surface area (Å²) in [7, 11) is 0. The first kappa shape index (κ1) is 6.98. The monoisotopic (exact) mass is 428 g/mol. The lowest BCUT2D eigenvalue weighted by atomic mass is 9.77. The van der Waals surface area contributed by atoms with E-state index in [4.69, 9.17) is 24.7 Å². The van der Waals surface area contributed by atoms with Crippen LogP contribution in [0.4, 0.5) is 11.4 Å². The Hall–Kier alpha value is -4.04. The van der Waals surface area contributed by atoms with Crippen LogP contribution in [0, 0.1) is 0 Å². The minimum atomic E-state index is -3.09. The zero-order valence-electron chi connectivity index (χ0n) is 35.9. The van der Waals surface area contributed by atoms with Crippen molar-refractivity contribution in [1.29, 1.82) is 0 Å². The highest BCUT2D eigenvalue weighted by molar-refractivity contribution is 6.34. The molecule has 2 aliphatic carbocycles. The van der Waals surface area contributed by atoms with Gasteiger partial charge in [-0.05, 0) is 23.2 Å². The minimum absolute atomic E-state index is 0.405. The van der Waals surface area contributed by atoms with E-state index in [2.05, 4.69) is 9.98 Å². The summed E-state index contributed by atoms with van der Waals surface area (Å²) < 4.78 is 175. The number of rotatable bonds is 2. The van der Waals surface area contributed by atoms with Crippen molar-refractivity contribution >= 4 is 33.9 Å². The molecule has 0 bridgehead atoms. The average molecular weight is 429 g/mol. The van der Waals surface area contributed by atoms with Crippen LogP contribution in [0.1, 0.15) is 61.5 Å². The Kier molecular flexibility index (Phi) is 1.47. The molecule has 0 saturated heterocycles. The molecule has 4 aliphatic rings. The van der Waals surface area contributed by atoms with E-state index in [1.54, 1.807) is 0 Å². The van der Waals surface area contributed by atoms with Crippen LogP contribution < -0.4 is 0 Å². The topological polar surface area (TPSA) is 24.7 Å². The van der Waals surface area contributed by atoms with Crippen molar-refractivity contribution in [3.63, 3.8) is 0 Å². The van der Waals surface area contributed by atoms with Gasteiger partial charge in [0.05, 0.1) is 47.5 Å². The molecule has 2 nitrogen and oxygen atoms in total. The number of aliphatic imine (C=N–C) groups is 2. The maximum Gasteiger partial charge on any atom is 0.0712 e. The summed E-state index contributed by atoms with van der Waals surface area (Å²) >= 11 is 0. The van der Waals surface area contributed by atoms with E-state index in [0.29, 0.717) is 0 Å². The van der Waals surface area contributed by atoms with Crippen LogP contribution in [-0.4, -0.2) is 11.4 Å². The fraction of sp³-hybridized carbons (Fsp3) is 0.0667. The summed E-state index contributed by atoms with van der Waals surface area (Å²) in [5.41, 5.74) is -6.14. The van der Waals surface area contributed by atoms with Crippen LogP contribution in [0.25, 0.3) is 11.1 Å². The van der Waals surface area contributed by atoms with Crippen molar-refractivity contribution in [2.45, 2.75) is 11.8 Å². The maximum absolute atomic E-state index is 9.90. The highest BCUT2D eigenvalue weighted by Crippen LogP contribution is 2.46. The second-order valence-corrected chi connectivity index (χ2v) is 6.87. The number of nitrogens with zero attached hydrogens (tertiary/aromatic N) is 2. The molecule has 0 aromatic heterocycles. The van der Waals surface area contributed by atoms with Gasteiger partial charge in [0.2, 0.25) is 0 Å². The molecule has 0 amide bonds. The second-order valence-electron chi connectivity index (χ2n) is 6.87. The standard InChI is InChI=1S/C30H20N2/c1-2-10-20(24-14-8-16-26-22-12-4-6-18-28(22)32-30(24)26)19(9-1)23-13-7-15-25-21-11-3-5-17-27(21)31-29(23)25/h1-18,23-24H/i1D,2D,3D,4D,5D,6D,7D,8D,9D,10D,11D,12D,13D,14D,15D,16D,17D,18D,23D,24D. The van der Waals surface area contributed by atoms with Gasteiger partial charge in [0.25, 0.3) is 0 Å². The van der Waals surface area contributed by atoms with E-state index in [1.165, 1.54) is 0 Å². The lowest BCUT2D eigenvalue weighted by molar-refractivity contribution is 1.04. The van der Waals surface area contributed by atoms with Gasteiger partial charge in [-0.25, -0.2) is 0 Å². The van der Waals surface area contributed by atoms with Gasteiger partial charge in [0.15, 0.2) is 0 Å². The van der Waals surface area contributed by atoms with E-state index in [9.17, 15) is 2.74 Å². The van der Waals surface area contributed by atoms with Gasteiger partial charge in [-0.15, -0.1) is 0 Å². The molecular formula is C30H20N2. The van der Waals surface area contributed by atoms with Crippen LogP contribution in [0.15, 0.2) is 119 Å². The van der Waals surface area contributed by atoms with Crippen molar-refractivity contribution in [2.75, 3.05) is 0 Å². The molecule has 7 rings (SSSR count). The Balaban J connectivity index is 1.65. The quantitative estimate of drug-likeness (QED) is 0.408. The van der Waals surface area contributed by atoms with Gasteiger partial charge in [-0.1, -0.05) is 96.7 Å². The molecule has 2 atom stereocenters. The Bertz CT molecular complexity index is 2350. The SMILES string of the molecule is [2H]C1=C2C(=Nc3c([2H])c([2H])c([2H])c([2H])c32)C([2H])(c2c([2H])c([2H])c([2H])c([2H])c2C2([2H])C3=Nc4c([2H])c([2H])c([2H])c([2H])c4C3=C([2H])C([2H])=C2[2H])C([2H])=C1[2H]. The number of para-hydroxylation sites is 2. The molecule has 150 valence electrons. The Labute approximate surface area is 215 Å². The number of allylic oxidation sites excluding steroid dienone is 8. The van der Waals surface area contributed by atoms with Crippen LogP contribution in [0.5, 0.6) is 0 Å². The summed E-state index contributed by atoms with van der Waals surface area (Å²) in [5, 5.41) is 0. The third-order valence-electron chi connectivity index (χ3n) is 5.17. The average Bonchev–Trinajstić information content (AvgIpc) is 3.73. The zero-order chi connectivity index (χ0) is 38.6. The molecule has 0 fully saturated rings. The number of benzene rings is 3. The molecule has 2 heterocycles. The maximum atomic E-state index is 9.90. The van der Waals surface area contributed by atoms with E-state index in [-0.39, 0.29) is 0 Å². The van der Waals surface area contributed by atoms with Gasteiger partial charge in [0.1, 0.15) is 0 Å². The Morgan fingerprint density at radius 3 is 1.53 bits per heavy atom. The molecule has 32 heavy (non-hydrogen) atoms. The number of hydrogen-bond donors (Lipinski definition) is 0. The third-order valence-corrected chi connectivity index (χ3v) is 5.17. The van der Waals surface area contributed by atoms with Crippen molar-refractivity contribution in [3.8, 4) is 0 Å². The highest BCUT2D eigenvalue weighted by atomic mass is 14.8. The van der Waals surface area contributed by atoms with Crippen molar-refractivity contribution in [1.82, 2.24) is 0 Å². The predicted molar refractivity (Wildman–Crippen MR) is 133 cm³/mol. The van der Waals surface area contributed by atoms with E-state index in [1.807, 2.05) is 0 Å². The third kappa shape index (κ3) is 2.47. The van der Waals surface area contributed by atoms with E-state index >= 15 is 0 Å². The zero-order valence-corrected chi connectivity index (χ0v) is 15.9. The molecule has 0 saturated carbocycles. The van der Waals surface area contributed by atoms with Crippen LogP contribution in [0.2, 0.25) is 0 Å². The molecule has 2 unspecified atom stereocenters. The predicted octanol–water partition coefficient (Wildman–Crippen LogP) is 7.33. The molecule has 2 heteroatoms. The first-order chi connectivity index (χ1) is 24.1. The van der Waals surface area contributed by atoms with Gasteiger partial charge in [-0.3, -0.25) is 9.98 Å². The van der Waals surface area contributed by atoms with Gasteiger partial charge in [0, 0.05) is 36.8 Å².